The normalized spacial score (nSPS) is 10.5. The summed E-state index contributed by atoms with van der Waals surface area (Å²) < 4.78 is 2.02. The molecule has 0 bridgehead atoms. The molecule has 0 saturated heterocycles. The largest absolute Gasteiger partial charge is 0.383 e. The van der Waals surface area contributed by atoms with Crippen molar-refractivity contribution < 1.29 is 4.79 Å². The zero-order valence-corrected chi connectivity index (χ0v) is 14.2. The number of carbonyl (C=O) groups is 1. The molecule has 1 aromatic heterocycles. The molecule has 0 aliphatic heterocycles. The molecule has 8 heteroatoms. The van der Waals surface area contributed by atoms with E-state index in [1.54, 1.807) is 26.2 Å². The Kier molecular flexibility index (Phi) is 4.77. The maximum atomic E-state index is 12.5. The summed E-state index contributed by atoms with van der Waals surface area (Å²) in [6.45, 7) is 1.51. The number of nitrogen functional groups attached to an aromatic ring is 1. The first-order valence-electron chi connectivity index (χ1n) is 7.35. The second kappa shape index (κ2) is 6.61. The van der Waals surface area contributed by atoms with Gasteiger partial charge < -0.3 is 16.0 Å². The SMILES string of the molecule is Cc1cccc(NC(=O)Cn2c(=O)c(N(C)C)c(N)n(C)c2=O)c1. The number of nitrogens with zero attached hydrogens (tertiary/aromatic N) is 3. The predicted molar refractivity (Wildman–Crippen MR) is 94.5 cm³/mol. The lowest BCUT2D eigenvalue weighted by atomic mass is 10.2. The maximum Gasteiger partial charge on any atom is 0.332 e. The highest BCUT2D eigenvalue weighted by atomic mass is 16.2. The number of aromatic nitrogens is 2. The van der Waals surface area contributed by atoms with Gasteiger partial charge in [0.15, 0.2) is 0 Å². The summed E-state index contributed by atoms with van der Waals surface area (Å²) in [5.41, 5.74) is 6.36. The minimum atomic E-state index is -0.637. The zero-order chi connectivity index (χ0) is 18.0. The first-order chi connectivity index (χ1) is 11.2. The molecule has 128 valence electrons. The van der Waals surface area contributed by atoms with Crippen molar-refractivity contribution in [2.45, 2.75) is 13.5 Å². The molecule has 1 amide bonds. The fraction of sp³-hybridized carbons (Fsp3) is 0.312. The summed E-state index contributed by atoms with van der Waals surface area (Å²) in [5, 5.41) is 2.68. The van der Waals surface area contributed by atoms with E-state index in [0.717, 1.165) is 14.7 Å². The number of aryl methyl sites for hydroxylation is 1. The van der Waals surface area contributed by atoms with Gasteiger partial charge in [0.05, 0.1) is 0 Å². The summed E-state index contributed by atoms with van der Waals surface area (Å²) in [7, 11) is 4.75. The van der Waals surface area contributed by atoms with E-state index < -0.39 is 17.2 Å². The Bertz CT molecular complexity index is 896. The van der Waals surface area contributed by atoms with Crippen molar-refractivity contribution in [2.75, 3.05) is 30.0 Å². The van der Waals surface area contributed by atoms with Gasteiger partial charge in [-0.1, -0.05) is 12.1 Å². The van der Waals surface area contributed by atoms with Crippen LogP contribution in [0, 0.1) is 6.92 Å². The smallest absolute Gasteiger partial charge is 0.332 e. The van der Waals surface area contributed by atoms with Gasteiger partial charge in [-0.25, -0.2) is 9.36 Å². The van der Waals surface area contributed by atoms with Crippen molar-refractivity contribution in [1.29, 1.82) is 0 Å². The Hall–Kier alpha value is -3.03. The highest BCUT2D eigenvalue weighted by molar-refractivity contribution is 5.90. The number of amides is 1. The first-order valence-corrected chi connectivity index (χ1v) is 7.35. The molecule has 0 aliphatic carbocycles. The third kappa shape index (κ3) is 3.32. The molecule has 2 aromatic rings. The van der Waals surface area contributed by atoms with Crippen LogP contribution in [0.15, 0.2) is 33.9 Å². The van der Waals surface area contributed by atoms with E-state index in [1.807, 2.05) is 19.1 Å². The van der Waals surface area contributed by atoms with Gasteiger partial charge in [0, 0.05) is 26.8 Å². The lowest BCUT2D eigenvalue weighted by molar-refractivity contribution is -0.116. The van der Waals surface area contributed by atoms with Crippen LogP contribution in [-0.2, 0) is 18.4 Å². The van der Waals surface area contributed by atoms with Crippen LogP contribution >= 0.6 is 0 Å². The average molecular weight is 331 g/mol. The van der Waals surface area contributed by atoms with E-state index in [9.17, 15) is 14.4 Å². The third-order valence-corrected chi connectivity index (χ3v) is 3.62. The highest BCUT2D eigenvalue weighted by Crippen LogP contribution is 2.13. The molecule has 0 fully saturated rings. The molecule has 1 aromatic carbocycles. The summed E-state index contributed by atoms with van der Waals surface area (Å²) in [6, 6.07) is 7.25. The fourth-order valence-electron chi connectivity index (χ4n) is 2.39. The van der Waals surface area contributed by atoms with Gasteiger partial charge in [-0.05, 0) is 24.6 Å². The van der Waals surface area contributed by atoms with Gasteiger partial charge in [0.1, 0.15) is 18.1 Å². The maximum absolute atomic E-state index is 12.5. The van der Waals surface area contributed by atoms with E-state index in [1.165, 1.54) is 11.9 Å². The molecule has 1 heterocycles. The molecule has 0 spiro atoms. The van der Waals surface area contributed by atoms with Crippen molar-refractivity contribution >= 4 is 23.1 Å². The van der Waals surface area contributed by atoms with Gasteiger partial charge in [0.25, 0.3) is 5.56 Å². The topological polar surface area (TPSA) is 102 Å². The number of rotatable bonds is 4. The summed E-state index contributed by atoms with van der Waals surface area (Å²) >= 11 is 0. The van der Waals surface area contributed by atoms with Crippen molar-refractivity contribution in [3.8, 4) is 0 Å². The number of hydrogen-bond donors (Lipinski definition) is 2. The number of hydrogen-bond acceptors (Lipinski definition) is 5. The molecule has 24 heavy (non-hydrogen) atoms. The molecular formula is C16H21N5O3. The number of nitrogens with one attached hydrogen (secondary N) is 1. The number of carbonyl (C=O) groups excluding carboxylic acids is 1. The van der Waals surface area contributed by atoms with E-state index >= 15 is 0 Å². The van der Waals surface area contributed by atoms with Gasteiger partial charge in [-0.15, -0.1) is 0 Å². The van der Waals surface area contributed by atoms with E-state index in [-0.39, 0.29) is 18.1 Å². The van der Waals surface area contributed by atoms with E-state index in [2.05, 4.69) is 5.32 Å². The fourth-order valence-corrected chi connectivity index (χ4v) is 2.39. The first kappa shape index (κ1) is 17.3. The van der Waals surface area contributed by atoms with Crippen LogP contribution in [0.25, 0.3) is 0 Å². The Balaban J connectivity index is 2.38. The third-order valence-electron chi connectivity index (χ3n) is 3.62. The van der Waals surface area contributed by atoms with Crippen LogP contribution in [0.3, 0.4) is 0 Å². The Morgan fingerprint density at radius 1 is 1.29 bits per heavy atom. The van der Waals surface area contributed by atoms with Gasteiger partial charge >= 0.3 is 5.69 Å². The molecule has 0 aliphatic rings. The molecule has 3 N–H and O–H groups in total. The van der Waals surface area contributed by atoms with Gasteiger partial charge in [-0.3, -0.25) is 14.2 Å². The molecule has 0 unspecified atom stereocenters. The van der Waals surface area contributed by atoms with Crippen LogP contribution < -0.4 is 27.2 Å². The Morgan fingerprint density at radius 2 is 1.96 bits per heavy atom. The van der Waals surface area contributed by atoms with Crippen molar-refractivity contribution in [3.05, 3.63) is 50.7 Å². The second-order valence-electron chi connectivity index (χ2n) is 5.78. The van der Waals surface area contributed by atoms with Crippen LogP contribution in [0.4, 0.5) is 17.2 Å². The minimum absolute atomic E-state index is 0.0605. The number of benzene rings is 1. The molecule has 0 radical (unpaired) electrons. The molecule has 2 rings (SSSR count). The average Bonchev–Trinajstić information content (AvgIpc) is 2.49. The van der Waals surface area contributed by atoms with E-state index in [0.29, 0.717) is 5.69 Å². The monoisotopic (exact) mass is 331 g/mol. The Morgan fingerprint density at radius 3 is 2.54 bits per heavy atom. The lowest BCUT2D eigenvalue weighted by Crippen LogP contribution is -2.44. The van der Waals surface area contributed by atoms with Crippen molar-refractivity contribution in [2.24, 2.45) is 7.05 Å². The summed E-state index contributed by atoms with van der Waals surface area (Å²) in [4.78, 5) is 38.5. The van der Waals surface area contributed by atoms with Crippen molar-refractivity contribution in [1.82, 2.24) is 9.13 Å². The van der Waals surface area contributed by atoms with Crippen LogP contribution in [0.2, 0.25) is 0 Å². The van der Waals surface area contributed by atoms with Gasteiger partial charge in [-0.2, -0.15) is 0 Å². The summed E-state index contributed by atoms with van der Waals surface area (Å²) in [6.07, 6.45) is 0. The van der Waals surface area contributed by atoms with Crippen LogP contribution in [-0.4, -0.2) is 29.1 Å². The zero-order valence-electron chi connectivity index (χ0n) is 14.2. The van der Waals surface area contributed by atoms with Crippen molar-refractivity contribution in [3.63, 3.8) is 0 Å². The van der Waals surface area contributed by atoms with E-state index in [4.69, 9.17) is 5.73 Å². The minimum Gasteiger partial charge on any atom is -0.383 e. The number of anilines is 3. The van der Waals surface area contributed by atoms with Gasteiger partial charge in [0.2, 0.25) is 5.91 Å². The lowest BCUT2D eigenvalue weighted by Gasteiger charge is -2.18. The standard InChI is InChI=1S/C16H21N5O3/c1-10-6-5-7-11(8-10)18-12(22)9-21-15(23)13(19(2)3)14(17)20(4)16(21)24/h5-8H,9,17H2,1-4H3,(H,18,22). The highest BCUT2D eigenvalue weighted by Gasteiger charge is 2.18. The molecule has 0 saturated carbocycles. The van der Waals surface area contributed by atoms with Crippen LogP contribution in [0.5, 0.6) is 0 Å². The quantitative estimate of drug-likeness (QED) is 0.830. The molecule has 0 atom stereocenters. The molecule has 8 nitrogen and oxygen atoms in total. The Labute approximate surface area is 139 Å². The number of nitrogens with two attached hydrogens (primary N) is 1. The second-order valence-corrected chi connectivity index (χ2v) is 5.78. The predicted octanol–water partition coefficient (Wildman–Crippen LogP) is 0.142. The van der Waals surface area contributed by atoms with Crippen LogP contribution in [0.1, 0.15) is 5.56 Å². The summed E-state index contributed by atoms with van der Waals surface area (Å²) in [5.74, 6) is -0.403. The molecular weight excluding hydrogens is 310 g/mol.